The molecule has 1 aromatic heterocycles. The van der Waals surface area contributed by atoms with E-state index in [-0.39, 0.29) is 18.4 Å². The molecule has 1 saturated heterocycles. The molecular formula is C24H24ClN3O4S. The Morgan fingerprint density at radius 1 is 1.03 bits per heavy atom. The quantitative estimate of drug-likeness (QED) is 0.537. The van der Waals surface area contributed by atoms with Gasteiger partial charge in [0.05, 0.1) is 22.7 Å². The molecule has 2 aromatic carbocycles. The van der Waals surface area contributed by atoms with E-state index in [9.17, 15) is 9.59 Å². The highest BCUT2D eigenvalue weighted by atomic mass is 35.5. The Labute approximate surface area is 201 Å². The van der Waals surface area contributed by atoms with Gasteiger partial charge in [-0.25, -0.2) is 0 Å². The number of anilines is 2. The largest absolute Gasteiger partial charge is 0.497 e. The lowest BCUT2D eigenvalue weighted by atomic mass is 10.2. The van der Waals surface area contributed by atoms with Crippen molar-refractivity contribution in [3.63, 3.8) is 0 Å². The van der Waals surface area contributed by atoms with E-state index in [0.717, 1.165) is 16.3 Å². The van der Waals surface area contributed by atoms with Crippen molar-refractivity contribution in [1.82, 2.24) is 4.90 Å². The second-order valence-corrected chi connectivity index (χ2v) is 8.79. The van der Waals surface area contributed by atoms with Crippen molar-refractivity contribution >= 4 is 46.1 Å². The van der Waals surface area contributed by atoms with Gasteiger partial charge in [-0.1, -0.05) is 17.7 Å². The number of nitrogens with zero attached hydrogens (tertiary/aromatic N) is 2. The Morgan fingerprint density at radius 3 is 2.39 bits per heavy atom. The Balaban J connectivity index is 1.28. The molecule has 0 atom stereocenters. The molecule has 0 bridgehead atoms. The van der Waals surface area contributed by atoms with E-state index in [1.165, 1.54) is 11.3 Å². The predicted octanol–water partition coefficient (Wildman–Crippen LogP) is 4.39. The van der Waals surface area contributed by atoms with Gasteiger partial charge < -0.3 is 24.6 Å². The second kappa shape index (κ2) is 10.6. The summed E-state index contributed by atoms with van der Waals surface area (Å²) < 4.78 is 10.6. The van der Waals surface area contributed by atoms with Gasteiger partial charge >= 0.3 is 0 Å². The molecular weight excluding hydrogens is 462 g/mol. The number of carbonyl (C=O) groups is 2. The maximum atomic E-state index is 12.5. The highest BCUT2D eigenvalue weighted by Gasteiger charge is 2.24. The van der Waals surface area contributed by atoms with Crippen LogP contribution >= 0.6 is 22.9 Å². The molecule has 1 fully saturated rings. The van der Waals surface area contributed by atoms with Crippen LogP contribution in [-0.4, -0.2) is 56.6 Å². The minimum Gasteiger partial charge on any atom is -0.497 e. The summed E-state index contributed by atoms with van der Waals surface area (Å²) in [4.78, 5) is 29.6. The molecule has 7 nitrogen and oxygen atoms in total. The minimum atomic E-state index is -0.282. The molecule has 0 spiro atoms. The number of piperazine rings is 1. The normalized spacial score (nSPS) is 13.5. The van der Waals surface area contributed by atoms with Crippen LogP contribution in [0.5, 0.6) is 11.5 Å². The monoisotopic (exact) mass is 485 g/mol. The Hall–Kier alpha value is -3.23. The van der Waals surface area contributed by atoms with Gasteiger partial charge in [0.2, 0.25) is 0 Å². The molecule has 0 saturated carbocycles. The van der Waals surface area contributed by atoms with Gasteiger partial charge in [0.1, 0.15) is 11.5 Å². The maximum Gasteiger partial charge on any atom is 0.264 e. The zero-order valence-electron chi connectivity index (χ0n) is 18.1. The van der Waals surface area contributed by atoms with Gasteiger partial charge in [-0.3, -0.25) is 9.59 Å². The van der Waals surface area contributed by atoms with E-state index >= 15 is 0 Å². The molecule has 1 aliphatic heterocycles. The van der Waals surface area contributed by atoms with Crippen LogP contribution in [0.2, 0.25) is 5.02 Å². The second-order valence-electron chi connectivity index (χ2n) is 7.44. The Bertz CT molecular complexity index is 1100. The SMILES string of the molecule is COc1ccc(OCC(=O)Nc2ccc(N3CCN(C(=O)c4cccs4)CC3)c(Cl)c2)cc1. The van der Waals surface area contributed by atoms with Crippen LogP contribution in [0.15, 0.2) is 60.0 Å². The van der Waals surface area contributed by atoms with Crippen molar-refractivity contribution in [3.05, 3.63) is 69.9 Å². The van der Waals surface area contributed by atoms with Crippen molar-refractivity contribution in [2.24, 2.45) is 0 Å². The predicted molar refractivity (Wildman–Crippen MR) is 131 cm³/mol. The maximum absolute atomic E-state index is 12.5. The van der Waals surface area contributed by atoms with Crippen molar-refractivity contribution in [2.75, 3.05) is 50.1 Å². The summed E-state index contributed by atoms with van der Waals surface area (Å²) in [6, 6.07) is 16.2. The summed E-state index contributed by atoms with van der Waals surface area (Å²) in [7, 11) is 1.59. The molecule has 2 amide bonds. The molecule has 4 rings (SSSR count). The minimum absolute atomic E-state index is 0.0747. The number of halogens is 1. The van der Waals surface area contributed by atoms with Gasteiger partial charge in [0, 0.05) is 31.9 Å². The summed E-state index contributed by atoms with van der Waals surface area (Å²) in [6.07, 6.45) is 0. The lowest BCUT2D eigenvalue weighted by Crippen LogP contribution is -2.48. The number of benzene rings is 2. The molecule has 2 heterocycles. The topological polar surface area (TPSA) is 71.1 Å². The first-order valence-corrected chi connectivity index (χ1v) is 11.7. The number of carbonyl (C=O) groups excluding carboxylic acids is 2. The molecule has 1 N–H and O–H groups in total. The zero-order valence-corrected chi connectivity index (χ0v) is 19.7. The first-order valence-electron chi connectivity index (χ1n) is 10.5. The van der Waals surface area contributed by atoms with Crippen LogP contribution in [0.4, 0.5) is 11.4 Å². The molecule has 0 unspecified atom stereocenters. The molecule has 0 aliphatic carbocycles. The van der Waals surface area contributed by atoms with Gasteiger partial charge in [-0.2, -0.15) is 0 Å². The fraction of sp³-hybridized carbons (Fsp3) is 0.250. The van der Waals surface area contributed by atoms with Crippen LogP contribution in [0.1, 0.15) is 9.67 Å². The van der Waals surface area contributed by atoms with Crippen LogP contribution < -0.4 is 19.7 Å². The molecule has 33 heavy (non-hydrogen) atoms. The summed E-state index contributed by atoms with van der Waals surface area (Å²) >= 11 is 7.97. The Kier molecular flexibility index (Phi) is 7.36. The van der Waals surface area contributed by atoms with E-state index in [0.29, 0.717) is 42.6 Å². The fourth-order valence-corrected chi connectivity index (χ4v) is 4.56. The average Bonchev–Trinajstić information content (AvgIpc) is 3.38. The van der Waals surface area contributed by atoms with E-state index in [1.807, 2.05) is 34.5 Å². The zero-order chi connectivity index (χ0) is 23.2. The average molecular weight is 486 g/mol. The number of amides is 2. The third-order valence-corrected chi connectivity index (χ3v) is 6.46. The molecule has 1 aliphatic rings. The van der Waals surface area contributed by atoms with Gasteiger partial charge in [0.25, 0.3) is 11.8 Å². The number of methoxy groups -OCH3 is 1. The number of hydrogen-bond acceptors (Lipinski definition) is 6. The molecule has 172 valence electrons. The number of ether oxygens (including phenoxy) is 2. The van der Waals surface area contributed by atoms with Gasteiger partial charge in [-0.05, 0) is 53.9 Å². The molecule has 0 radical (unpaired) electrons. The summed E-state index contributed by atoms with van der Waals surface area (Å²) in [5.74, 6) is 1.09. The van der Waals surface area contributed by atoms with Gasteiger partial charge in [-0.15, -0.1) is 11.3 Å². The third-order valence-electron chi connectivity index (χ3n) is 5.30. The number of nitrogens with one attached hydrogen (secondary N) is 1. The fourth-order valence-electron chi connectivity index (χ4n) is 3.57. The van der Waals surface area contributed by atoms with Crippen molar-refractivity contribution < 1.29 is 19.1 Å². The number of rotatable bonds is 7. The highest BCUT2D eigenvalue weighted by molar-refractivity contribution is 7.12. The van der Waals surface area contributed by atoms with E-state index < -0.39 is 0 Å². The summed E-state index contributed by atoms with van der Waals surface area (Å²) in [6.45, 7) is 2.53. The highest BCUT2D eigenvalue weighted by Crippen LogP contribution is 2.30. The number of hydrogen-bond donors (Lipinski definition) is 1. The van der Waals surface area contributed by atoms with Crippen molar-refractivity contribution in [3.8, 4) is 11.5 Å². The van der Waals surface area contributed by atoms with Crippen LogP contribution in [0.25, 0.3) is 0 Å². The Morgan fingerprint density at radius 2 is 1.76 bits per heavy atom. The van der Waals surface area contributed by atoms with E-state index in [2.05, 4.69) is 10.2 Å². The lowest BCUT2D eigenvalue weighted by molar-refractivity contribution is -0.118. The van der Waals surface area contributed by atoms with Crippen molar-refractivity contribution in [2.45, 2.75) is 0 Å². The first-order chi connectivity index (χ1) is 16.0. The van der Waals surface area contributed by atoms with Crippen LogP contribution in [0.3, 0.4) is 0 Å². The van der Waals surface area contributed by atoms with E-state index in [1.54, 1.807) is 37.4 Å². The van der Waals surface area contributed by atoms with E-state index in [4.69, 9.17) is 21.1 Å². The number of thiophene rings is 1. The van der Waals surface area contributed by atoms with Crippen LogP contribution in [0, 0.1) is 0 Å². The lowest BCUT2D eigenvalue weighted by Gasteiger charge is -2.36. The summed E-state index contributed by atoms with van der Waals surface area (Å²) in [5.41, 5.74) is 1.48. The third kappa shape index (κ3) is 5.77. The molecule has 3 aromatic rings. The summed E-state index contributed by atoms with van der Waals surface area (Å²) in [5, 5.41) is 5.25. The van der Waals surface area contributed by atoms with Crippen LogP contribution in [-0.2, 0) is 4.79 Å². The molecule has 9 heteroatoms. The van der Waals surface area contributed by atoms with Gasteiger partial charge in [0.15, 0.2) is 6.61 Å². The first kappa shape index (κ1) is 22.9. The van der Waals surface area contributed by atoms with Crippen molar-refractivity contribution in [1.29, 1.82) is 0 Å². The smallest absolute Gasteiger partial charge is 0.264 e. The standard InChI is InChI=1S/C24H24ClN3O4S/c1-31-18-5-7-19(8-6-18)32-16-23(29)26-17-4-9-21(20(25)15-17)27-10-12-28(13-11-27)24(30)22-3-2-14-33-22/h2-9,14-15H,10-13,16H2,1H3,(H,26,29).